The number of nitrogens with two attached hydrogens (primary N) is 1. The first kappa shape index (κ1) is 8.92. The Hall–Kier alpha value is -1.35. The molecule has 1 fully saturated rings. The van der Waals surface area contributed by atoms with E-state index in [1.165, 1.54) is 23.8 Å². The molecule has 1 aliphatic rings. The summed E-state index contributed by atoms with van der Waals surface area (Å²) < 4.78 is 0. The standard InChI is InChI=1S/C12H15N3/c13-6-5-12(3-4-12)10-8-15-11-9(10)2-1-7-14-11/h1-2,7-8H,3-6,13H2,(H,14,15). The molecule has 0 atom stereocenters. The van der Waals surface area contributed by atoms with Crippen molar-refractivity contribution < 1.29 is 0 Å². The molecule has 0 bridgehead atoms. The van der Waals surface area contributed by atoms with Gasteiger partial charge in [-0.3, -0.25) is 0 Å². The molecule has 2 aromatic heterocycles. The van der Waals surface area contributed by atoms with Crippen LogP contribution >= 0.6 is 0 Å². The molecule has 0 unspecified atom stereocenters. The van der Waals surface area contributed by atoms with Crippen molar-refractivity contribution in [3.8, 4) is 0 Å². The van der Waals surface area contributed by atoms with Crippen LogP contribution in [-0.4, -0.2) is 16.5 Å². The predicted octanol–water partition coefficient (Wildman–Crippen LogP) is 1.94. The molecular formula is C12H15N3. The van der Waals surface area contributed by atoms with Crippen molar-refractivity contribution in [3.05, 3.63) is 30.1 Å². The van der Waals surface area contributed by atoms with E-state index >= 15 is 0 Å². The van der Waals surface area contributed by atoms with Crippen molar-refractivity contribution in [3.63, 3.8) is 0 Å². The molecule has 1 saturated carbocycles. The lowest BCUT2D eigenvalue weighted by Crippen LogP contribution is -2.12. The predicted molar refractivity (Wildman–Crippen MR) is 60.7 cm³/mol. The number of fused-ring (bicyclic) bond motifs is 1. The summed E-state index contributed by atoms with van der Waals surface area (Å²) >= 11 is 0. The highest BCUT2D eigenvalue weighted by molar-refractivity contribution is 5.81. The first-order chi connectivity index (χ1) is 7.36. The Morgan fingerprint density at radius 1 is 1.47 bits per heavy atom. The number of aromatic nitrogens is 2. The van der Waals surface area contributed by atoms with Gasteiger partial charge in [0, 0.05) is 17.8 Å². The molecule has 2 aromatic rings. The van der Waals surface area contributed by atoms with E-state index in [1.807, 2.05) is 12.3 Å². The third kappa shape index (κ3) is 1.27. The highest BCUT2D eigenvalue weighted by Gasteiger charge is 2.44. The number of rotatable bonds is 3. The summed E-state index contributed by atoms with van der Waals surface area (Å²) in [4.78, 5) is 7.56. The second-order valence-electron chi connectivity index (χ2n) is 4.42. The van der Waals surface area contributed by atoms with E-state index in [0.29, 0.717) is 5.41 Å². The van der Waals surface area contributed by atoms with Gasteiger partial charge in [-0.05, 0) is 48.9 Å². The third-order valence-electron chi connectivity index (χ3n) is 3.50. The molecule has 3 nitrogen and oxygen atoms in total. The zero-order valence-electron chi connectivity index (χ0n) is 8.66. The van der Waals surface area contributed by atoms with Crippen LogP contribution in [0.1, 0.15) is 24.8 Å². The maximum atomic E-state index is 5.68. The summed E-state index contributed by atoms with van der Waals surface area (Å²) in [6.45, 7) is 0.771. The molecule has 2 heterocycles. The van der Waals surface area contributed by atoms with E-state index in [1.54, 1.807) is 0 Å². The monoisotopic (exact) mass is 201 g/mol. The molecular weight excluding hydrogens is 186 g/mol. The van der Waals surface area contributed by atoms with Gasteiger partial charge < -0.3 is 10.7 Å². The van der Waals surface area contributed by atoms with Crippen LogP contribution in [0.3, 0.4) is 0 Å². The summed E-state index contributed by atoms with van der Waals surface area (Å²) in [5.41, 5.74) is 8.45. The summed E-state index contributed by atoms with van der Waals surface area (Å²) in [5.74, 6) is 0. The van der Waals surface area contributed by atoms with Crippen LogP contribution in [-0.2, 0) is 5.41 Å². The largest absolute Gasteiger partial charge is 0.346 e. The average Bonchev–Trinajstić information content (AvgIpc) is 2.91. The van der Waals surface area contributed by atoms with E-state index in [4.69, 9.17) is 5.73 Å². The van der Waals surface area contributed by atoms with Gasteiger partial charge in [-0.1, -0.05) is 0 Å². The summed E-state index contributed by atoms with van der Waals surface area (Å²) in [5, 5.41) is 1.27. The van der Waals surface area contributed by atoms with Crippen molar-refractivity contribution in [2.45, 2.75) is 24.7 Å². The first-order valence-electron chi connectivity index (χ1n) is 5.48. The number of hydrogen-bond donors (Lipinski definition) is 2. The second kappa shape index (κ2) is 3.07. The molecule has 15 heavy (non-hydrogen) atoms. The normalized spacial score (nSPS) is 18.2. The van der Waals surface area contributed by atoms with Gasteiger partial charge in [0.25, 0.3) is 0 Å². The Morgan fingerprint density at radius 3 is 3.07 bits per heavy atom. The van der Waals surface area contributed by atoms with Crippen molar-refractivity contribution in [2.75, 3.05) is 6.54 Å². The van der Waals surface area contributed by atoms with Crippen molar-refractivity contribution in [1.29, 1.82) is 0 Å². The van der Waals surface area contributed by atoms with Gasteiger partial charge in [-0.25, -0.2) is 4.98 Å². The molecule has 78 valence electrons. The van der Waals surface area contributed by atoms with Crippen LogP contribution in [0, 0.1) is 0 Å². The zero-order valence-corrected chi connectivity index (χ0v) is 8.66. The lowest BCUT2D eigenvalue weighted by atomic mass is 9.93. The van der Waals surface area contributed by atoms with E-state index in [-0.39, 0.29) is 0 Å². The highest BCUT2D eigenvalue weighted by atomic mass is 14.8. The van der Waals surface area contributed by atoms with Gasteiger partial charge in [0.05, 0.1) is 0 Å². The van der Waals surface area contributed by atoms with Gasteiger partial charge in [0.15, 0.2) is 0 Å². The lowest BCUT2D eigenvalue weighted by molar-refractivity contribution is 0.634. The molecule has 0 saturated heterocycles. The van der Waals surface area contributed by atoms with Crippen LogP contribution in [0.2, 0.25) is 0 Å². The minimum Gasteiger partial charge on any atom is -0.346 e. The van der Waals surface area contributed by atoms with Gasteiger partial charge >= 0.3 is 0 Å². The number of H-pyrrole nitrogens is 1. The van der Waals surface area contributed by atoms with Gasteiger partial charge in [-0.15, -0.1) is 0 Å². The van der Waals surface area contributed by atoms with Crippen LogP contribution in [0.5, 0.6) is 0 Å². The Balaban J connectivity index is 2.11. The molecule has 0 amide bonds. The average molecular weight is 201 g/mol. The van der Waals surface area contributed by atoms with Crippen LogP contribution < -0.4 is 5.73 Å². The molecule has 3 N–H and O–H groups in total. The minimum atomic E-state index is 0.357. The van der Waals surface area contributed by atoms with E-state index in [2.05, 4.69) is 22.2 Å². The Labute approximate surface area is 88.7 Å². The Morgan fingerprint density at radius 2 is 2.33 bits per heavy atom. The molecule has 0 spiro atoms. The van der Waals surface area contributed by atoms with Crippen molar-refractivity contribution >= 4 is 11.0 Å². The smallest absolute Gasteiger partial charge is 0.137 e. The van der Waals surface area contributed by atoms with E-state index in [9.17, 15) is 0 Å². The molecule has 3 rings (SSSR count). The quantitative estimate of drug-likeness (QED) is 0.797. The fourth-order valence-electron chi connectivity index (χ4n) is 2.48. The molecule has 3 heteroatoms. The van der Waals surface area contributed by atoms with Gasteiger partial charge in [-0.2, -0.15) is 0 Å². The van der Waals surface area contributed by atoms with Crippen LogP contribution in [0.15, 0.2) is 24.5 Å². The first-order valence-corrected chi connectivity index (χ1v) is 5.48. The van der Waals surface area contributed by atoms with Crippen LogP contribution in [0.4, 0.5) is 0 Å². The number of hydrogen-bond acceptors (Lipinski definition) is 2. The summed E-state index contributed by atoms with van der Waals surface area (Å²) in [7, 11) is 0. The minimum absolute atomic E-state index is 0.357. The van der Waals surface area contributed by atoms with E-state index in [0.717, 1.165) is 18.6 Å². The van der Waals surface area contributed by atoms with Crippen LogP contribution in [0.25, 0.3) is 11.0 Å². The topological polar surface area (TPSA) is 54.7 Å². The molecule has 0 aliphatic heterocycles. The van der Waals surface area contributed by atoms with Crippen molar-refractivity contribution in [1.82, 2.24) is 9.97 Å². The fourth-order valence-corrected chi connectivity index (χ4v) is 2.48. The number of pyridine rings is 1. The maximum absolute atomic E-state index is 5.68. The maximum Gasteiger partial charge on any atom is 0.137 e. The Kier molecular flexibility index (Phi) is 1.83. The van der Waals surface area contributed by atoms with Gasteiger partial charge in [0.1, 0.15) is 5.65 Å². The second-order valence-corrected chi connectivity index (χ2v) is 4.42. The zero-order chi connectivity index (χ0) is 10.3. The fraction of sp³-hybridized carbons (Fsp3) is 0.417. The van der Waals surface area contributed by atoms with Crippen molar-refractivity contribution in [2.24, 2.45) is 5.73 Å². The number of aromatic amines is 1. The number of nitrogens with one attached hydrogen (secondary N) is 1. The van der Waals surface area contributed by atoms with E-state index < -0.39 is 0 Å². The lowest BCUT2D eigenvalue weighted by Gasteiger charge is -2.12. The summed E-state index contributed by atoms with van der Waals surface area (Å²) in [6, 6.07) is 4.14. The number of nitrogens with zero attached hydrogens (tertiary/aromatic N) is 1. The molecule has 0 radical (unpaired) electrons. The summed E-state index contributed by atoms with van der Waals surface area (Å²) in [6.07, 6.45) is 7.57. The Bertz CT molecular complexity index is 482. The van der Waals surface area contributed by atoms with Gasteiger partial charge in [0.2, 0.25) is 0 Å². The molecule has 1 aliphatic carbocycles. The highest BCUT2D eigenvalue weighted by Crippen LogP contribution is 2.52. The third-order valence-corrected chi connectivity index (χ3v) is 3.50. The SMILES string of the molecule is NCCC1(c2c[nH]c3ncccc23)CC1. The molecule has 0 aromatic carbocycles.